The summed E-state index contributed by atoms with van der Waals surface area (Å²) in [6.45, 7) is 5.37. The van der Waals surface area contributed by atoms with E-state index in [9.17, 15) is 14.7 Å². The molecule has 0 spiro atoms. The van der Waals surface area contributed by atoms with Gasteiger partial charge in [0, 0.05) is 11.3 Å². The topological polar surface area (TPSA) is 84.9 Å². The average Bonchev–Trinajstić information content (AvgIpc) is 2.52. The normalized spacial score (nSPS) is 10.9. The number of carboxylic acid groups (broad SMARTS) is 1. The second kappa shape index (κ2) is 7.25. The van der Waals surface area contributed by atoms with Gasteiger partial charge in [-0.1, -0.05) is 24.3 Å². The van der Waals surface area contributed by atoms with Crippen molar-refractivity contribution in [2.75, 3.05) is 12.4 Å². The molecule has 0 bridgehead atoms. The van der Waals surface area contributed by atoms with Crippen molar-refractivity contribution in [3.63, 3.8) is 0 Å². The largest absolute Gasteiger partial charge is 0.495 e. The van der Waals surface area contributed by atoms with Crippen LogP contribution in [0.1, 0.15) is 31.1 Å². The number of para-hydroxylation sites is 1. The fraction of sp³-hybridized carbons (Fsp3) is 0.263. The first-order valence-corrected chi connectivity index (χ1v) is 7.72. The molecule has 6 nitrogen and oxygen atoms in total. The standard InChI is InChI=1S/C19H21NO5/c1-19(2,3)25-18(23)20-13-10-8-12(9-11-13)14-6-5-7-15(17(21)22)16(14)24-4/h5-11H,1-4H3,(H,20,23)(H,21,22). The number of ether oxygens (including phenoxy) is 2. The molecule has 0 heterocycles. The molecule has 2 rings (SSSR count). The number of rotatable bonds is 4. The van der Waals surface area contributed by atoms with Gasteiger partial charge < -0.3 is 14.6 Å². The summed E-state index contributed by atoms with van der Waals surface area (Å²) in [4.78, 5) is 23.1. The van der Waals surface area contributed by atoms with Crippen molar-refractivity contribution in [1.82, 2.24) is 0 Å². The Morgan fingerprint density at radius 3 is 2.20 bits per heavy atom. The molecule has 0 aromatic heterocycles. The summed E-state index contributed by atoms with van der Waals surface area (Å²) in [5.41, 5.74) is 1.53. The molecule has 0 saturated carbocycles. The van der Waals surface area contributed by atoms with Crippen LogP contribution in [0.2, 0.25) is 0 Å². The van der Waals surface area contributed by atoms with Gasteiger partial charge in [-0.3, -0.25) is 5.32 Å². The highest BCUT2D eigenvalue weighted by atomic mass is 16.6. The molecule has 0 saturated heterocycles. The van der Waals surface area contributed by atoms with Crippen LogP contribution in [0.3, 0.4) is 0 Å². The van der Waals surface area contributed by atoms with Gasteiger partial charge in [-0.05, 0) is 44.5 Å². The smallest absolute Gasteiger partial charge is 0.412 e. The lowest BCUT2D eigenvalue weighted by Crippen LogP contribution is -2.27. The van der Waals surface area contributed by atoms with Gasteiger partial charge in [0.25, 0.3) is 0 Å². The number of carboxylic acids is 1. The van der Waals surface area contributed by atoms with Crippen LogP contribution in [0.4, 0.5) is 10.5 Å². The van der Waals surface area contributed by atoms with Crippen LogP contribution in [-0.4, -0.2) is 29.9 Å². The van der Waals surface area contributed by atoms with E-state index < -0.39 is 17.7 Å². The van der Waals surface area contributed by atoms with Crippen molar-refractivity contribution in [3.8, 4) is 16.9 Å². The van der Waals surface area contributed by atoms with Crippen LogP contribution >= 0.6 is 0 Å². The number of aromatic carboxylic acids is 1. The monoisotopic (exact) mass is 343 g/mol. The van der Waals surface area contributed by atoms with Crippen LogP contribution in [0.15, 0.2) is 42.5 Å². The van der Waals surface area contributed by atoms with E-state index in [1.165, 1.54) is 13.2 Å². The van der Waals surface area contributed by atoms with E-state index in [0.717, 1.165) is 5.56 Å². The molecular weight excluding hydrogens is 322 g/mol. The summed E-state index contributed by atoms with van der Waals surface area (Å²) in [5.74, 6) is -0.759. The predicted molar refractivity (Wildman–Crippen MR) is 95.2 cm³/mol. The predicted octanol–water partition coefficient (Wildman–Crippen LogP) is 4.41. The Bertz CT molecular complexity index is 775. The number of amides is 1. The van der Waals surface area contributed by atoms with E-state index in [-0.39, 0.29) is 5.56 Å². The molecule has 0 aliphatic carbocycles. The van der Waals surface area contributed by atoms with Crippen molar-refractivity contribution in [2.45, 2.75) is 26.4 Å². The van der Waals surface area contributed by atoms with E-state index in [4.69, 9.17) is 9.47 Å². The third-order valence-corrected chi connectivity index (χ3v) is 3.29. The number of anilines is 1. The van der Waals surface area contributed by atoms with Crippen molar-refractivity contribution >= 4 is 17.7 Å². The highest BCUT2D eigenvalue weighted by Crippen LogP contribution is 2.33. The minimum Gasteiger partial charge on any atom is -0.495 e. The second-order valence-electron chi connectivity index (χ2n) is 6.40. The van der Waals surface area contributed by atoms with Crippen molar-refractivity contribution in [3.05, 3.63) is 48.0 Å². The zero-order valence-electron chi connectivity index (χ0n) is 14.6. The van der Waals surface area contributed by atoms with Gasteiger partial charge >= 0.3 is 12.1 Å². The van der Waals surface area contributed by atoms with Crippen LogP contribution in [0.5, 0.6) is 5.75 Å². The first-order chi connectivity index (χ1) is 11.7. The Kier molecular flexibility index (Phi) is 5.32. The average molecular weight is 343 g/mol. The fourth-order valence-corrected chi connectivity index (χ4v) is 2.31. The first-order valence-electron chi connectivity index (χ1n) is 7.72. The van der Waals surface area contributed by atoms with Crippen molar-refractivity contribution in [1.29, 1.82) is 0 Å². The molecule has 0 radical (unpaired) electrons. The van der Waals surface area contributed by atoms with Crippen LogP contribution < -0.4 is 10.1 Å². The summed E-state index contributed by atoms with van der Waals surface area (Å²) in [5, 5.41) is 11.9. The summed E-state index contributed by atoms with van der Waals surface area (Å²) in [7, 11) is 1.43. The van der Waals surface area contributed by atoms with Crippen LogP contribution in [0.25, 0.3) is 11.1 Å². The highest BCUT2D eigenvalue weighted by molar-refractivity contribution is 5.94. The van der Waals surface area contributed by atoms with Gasteiger partial charge in [0.15, 0.2) is 0 Å². The number of carbonyl (C=O) groups excluding carboxylic acids is 1. The minimum absolute atomic E-state index is 0.0935. The van der Waals surface area contributed by atoms with Gasteiger partial charge in [0.2, 0.25) is 0 Å². The maximum Gasteiger partial charge on any atom is 0.412 e. The SMILES string of the molecule is COc1c(C(=O)O)cccc1-c1ccc(NC(=O)OC(C)(C)C)cc1. The quantitative estimate of drug-likeness (QED) is 0.859. The third-order valence-electron chi connectivity index (χ3n) is 3.29. The molecule has 0 atom stereocenters. The number of hydrogen-bond acceptors (Lipinski definition) is 4. The number of methoxy groups -OCH3 is 1. The molecule has 0 aliphatic rings. The Hall–Kier alpha value is -3.02. The van der Waals surface area contributed by atoms with Crippen LogP contribution in [-0.2, 0) is 4.74 Å². The van der Waals surface area contributed by atoms with E-state index in [1.807, 2.05) is 0 Å². The molecule has 6 heteroatoms. The maximum absolute atomic E-state index is 11.8. The van der Waals surface area contributed by atoms with Crippen LogP contribution in [0, 0.1) is 0 Å². The lowest BCUT2D eigenvalue weighted by molar-refractivity contribution is 0.0634. The molecular formula is C19H21NO5. The first kappa shape index (κ1) is 18.3. The molecule has 2 N–H and O–H groups in total. The van der Waals surface area contributed by atoms with E-state index in [0.29, 0.717) is 17.0 Å². The minimum atomic E-state index is -1.05. The molecule has 25 heavy (non-hydrogen) atoms. The fourth-order valence-electron chi connectivity index (χ4n) is 2.31. The second-order valence-corrected chi connectivity index (χ2v) is 6.40. The van der Waals surface area contributed by atoms with Gasteiger partial charge in [0.05, 0.1) is 7.11 Å². The number of benzene rings is 2. The lowest BCUT2D eigenvalue weighted by atomic mass is 10.0. The number of hydrogen-bond donors (Lipinski definition) is 2. The number of nitrogens with one attached hydrogen (secondary N) is 1. The molecule has 132 valence electrons. The van der Waals surface area contributed by atoms with E-state index in [1.54, 1.807) is 57.2 Å². The zero-order chi connectivity index (χ0) is 18.6. The third kappa shape index (κ3) is 4.73. The van der Waals surface area contributed by atoms with Gasteiger partial charge in [-0.25, -0.2) is 9.59 Å². The summed E-state index contributed by atoms with van der Waals surface area (Å²) in [6, 6.07) is 11.9. The molecule has 1 amide bonds. The summed E-state index contributed by atoms with van der Waals surface area (Å²) < 4.78 is 10.5. The summed E-state index contributed by atoms with van der Waals surface area (Å²) >= 11 is 0. The van der Waals surface area contributed by atoms with Gasteiger partial charge in [-0.15, -0.1) is 0 Å². The molecule has 2 aromatic carbocycles. The van der Waals surface area contributed by atoms with Gasteiger partial charge in [0.1, 0.15) is 16.9 Å². The Morgan fingerprint density at radius 1 is 1.04 bits per heavy atom. The summed E-state index contributed by atoms with van der Waals surface area (Å²) in [6.07, 6.45) is -0.536. The van der Waals surface area contributed by atoms with E-state index >= 15 is 0 Å². The number of carbonyl (C=O) groups is 2. The molecule has 2 aromatic rings. The Morgan fingerprint density at radius 2 is 1.68 bits per heavy atom. The van der Waals surface area contributed by atoms with Crippen molar-refractivity contribution in [2.24, 2.45) is 0 Å². The molecule has 0 unspecified atom stereocenters. The maximum atomic E-state index is 11.8. The van der Waals surface area contributed by atoms with Crippen molar-refractivity contribution < 1.29 is 24.2 Å². The Labute approximate surface area is 146 Å². The zero-order valence-corrected chi connectivity index (χ0v) is 14.6. The Balaban J connectivity index is 2.25. The molecule has 0 aliphatic heterocycles. The van der Waals surface area contributed by atoms with E-state index in [2.05, 4.69) is 5.32 Å². The molecule has 0 fully saturated rings. The van der Waals surface area contributed by atoms with Gasteiger partial charge in [-0.2, -0.15) is 0 Å². The highest BCUT2D eigenvalue weighted by Gasteiger charge is 2.17. The lowest BCUT2D eigenvalue weighted by Gasteiger charge is -2.19.